The number of ether oxygens (including phenoxy) is 1. The Kier molecular flexibility index (Phi) is 6.64. The van der Waals surface area contributed by atoms with E-state index in [1.54, 1.807) is 24.3 Å². The van der Waals surface area contributed by atoms with Gasteiger partial charge in [0.05, 0.1) is 6.54 Å². The number of aromatic nitrogens is 2. The summed E-state index contributed by atoms with van der Waals surface area (Å²) in [5.74, 6) is 1.07. The van der Waals surface area contributed by atoms with Gasteiger partial charge in [-0.15, -0.1) is 0 Å². The number of nitrogens with one attached hydrogen (secondary N) is 1. The van der Waals surface area contributed by atoms with Crippen LogP contribution >= 0.6 is 27.5 Å². The molecule has 0 spiro atoms. The highest BCUT2D eigenvalue weighted by molar-refractivity contribution is 9.10. The first-order valence-electron chi connectivity index (χ1n) is 9.41. The maximum Gasteiger partial charge on any atom is 0.251 e. The summed E-state index contributed by atoms with van der Waals surface area (Å²) in [5.41, 5.74) is 2.15. The molecule has 3 aromatic carbocycles. The van der Waals surface area contributed by atoms with Gasteiger partial charge in [0.25, 0.3) is 5.91 Å². The second-order valence-electron chi connectivity index (χ2n) is 6.61. The van der Waals surface area contributed by atoms with Gasteiger partial charge in [-0.05, 0) is 36.4 Å². The van der Waals surface area contributed by atoms with Gasteiger partial charge in [0.15, 0.2) is 0 Å². The molecule has 31 heavy (non-hydrogen) atoms. The Hall–Kier alpha value is -3.16. The molecule has 6 nitrogen and oxygen atoms in total. The van der Waals surface area contributed by atoms with Gasteiger partial charge in [-0.1, -0.05) is 69.1 Å². The van der Waals surface area contributed by atoms with Crippen LogP contribution in [0.3, 0.4) is 0 Å². The predicted octanol–water partition coefficient (Wildman–Crippen LogP) is 5.66. The molecule has 0 aliphatic heterocycles. The minimum atomic E-state index is -0.273. The molecule has 0 aliphatic carbocycles. The van der Waals surface area contributed by atoms with E-state index in [4.69, 9.17) is 20.9 Å². The molecular weight excluding hydrogens is 482 g/mol. The van der Waals surface area contributed by atoms with E-state index in [1.807, 2.05) is 48.5 Å². The fourth-order valence-corrected chi connectivity index (χ4v) is 3.42. The van der Waals surface area contributed by atoms with Crippen molar-refractivity contribution in [2.75, 3.05) is 0 Å². The zero-order chi connectivity index (χ0) is 21.6. The van der Waals surface area contributed by atoms with Crippen molar-refractivity contribution in [3.8, 4) is 17.1 Å². The van der Waals surface area contributed by atoms with Crippen LogP contribution in [0.5, 0.6) is 5.75 Å². The highest BCUT2D eigenvalue weighted by Crippen LogP contribution is 2.21. The van der Waals surface area contributed by atoms with Crippen LogP contribution in [0.25, 0.3) is 11.4 Å². The summed E-state index contributed by atoms with van der Waals surface area (Å²) < 4.78 is 11.9. The average molecular weight is 499 g/mol. The third kappa shape index (κ3) is 5.51. The van der Waals surface area contributed by atoms with Gasteiger partial charge in [0, 0.05) is 26.2 Å². The number of nitrogens with zero attached hydrogens (tertiary/aromatic N) is 2. The molecule has 1 aromatic heterocycles. The summed E-state index contributed by atoms with van der Waals surface area (Å²) in [6.45, 7) is 0.426. The normalized spacial score (nSPS) is 10.6. The number of hydrogen-bond acceptors (Lipinski definition) is 5. The molecule has 0 fully saturated rings. The van der Waals surface area contributed by atoms with Crippen LogP contribution in [0.4, 0.5) is 0 Å². The van der Waals surface area contributed by atoms with E-state index in [0.29, 0.717) is 34.7 Å². The third-order valence-corrected chi connectivity index (χ3v) is 5.26. The summed E-state index contributed by atoms with van der Waals surface area (Å²) in [6.07, 6.45) is 0. The standard InChI is InChI=1S/C23H17BrClN3O3/c24-18-8-3-6-15(11-18)22-27-21(31-28-22)13-26-23(29)16-7-4-9-19(12-16)30-14-17-5-1-2-10-20(17)25/h1-12H,13-14H2,(H,26,29). The van der Waals surface area contributed by atoms with E-state index in [0.717, 1.165) is 15.6 Å². The molecule has 156 valence electrons. The maximum absolute atomic E-state index is 12.5. The largest absolute Gasteiger partial charge is 0.489 e. The maximum atomic E-state index is 12.5. The van der Waals surface area contributed by atoms with Crippen molar-refractivity contribution in [2.45, 2.75) is 13.2 Å². The lowest BCUT2D eigenvalue weighted by molar-refractivity contribution is 0.0945. The molecular formula is C23H17BrClN3O3. The number of amides is 1. The summed E-state index contributed by atoms with van der Waals surface area (Å²) in [6, 6.07) is 22.0. The Morgan fingerprint density at radius 1 is 1.06 bits per heavy atom. The first-order valence-corrected chi connectivity index (χ1v) is 10.6. The highest BCUT2D eigenvalue weighted by Gasteiger charge is 2.12. The lowest BCUT2D eigenvalue weighted by Gasteiger charge is -2.09. The topological polar surface area (TPSA) is 77.3 Å². The summed E-state index contributed by atoms with van der Waals surface area (Å²) in [5, 5.41) is 7.38. The number of benzene rings is 3. The van der Waals surface area contributed by atoms with Crippen molar-refractivity contribution in [2.24, 2.45) is 0 Å². The van der Waals surface area contributed by atoms with Crippen LogP contribution < -0.4 is 10.1 Å². The minimum Gasteiger partial charge on any atom is -0.489 e. The second-order valence-corrected chi connectivity index (χ2v) is 7.94. The smallest absolute Gasteiger partial charge is 0.251 e. The summed E-state index contributed by atoms with van der Waals surface area (Å²) in [4.78, 5) is 16.9. The van der Waals surface area contributed by atoms with Crippen LogP contribution in [0.15, 0.2) is 81.8 Å². The van der Waals surface area contributed by atoms with Crippen molar-refractivity contribution in [1.29, 1.82) is 0 Å². The van der Waals surface area contributed by atoms with Crippen molar-refractivity contribution in [3.05, 3.63) is 99.3 Å². The van der Waals surface area contributed by atoms with Gasteiger partial charge >= 0.3 is 0 Å². The first-order chi connectivity index (χ1) is 15.1. The molecule has 0 aliphatic rings. The zero-order valence-corrected chi connectivity index (χ0v) is 18.6. The first kappa shape index (κ1) is 21.1. The molecule has 0 unspecified atom stereocenters. The van der Waals surface area contributed by atoms with Crippen LogP contribution in [-0.4, -0.2) is 16.0 Å². The predicted molar refractivity (Wildman–Crippen MR) is 121 cm³/mol. The van der Waals surface area contributed by atoms with Crippen molar-refractivity contribution in [1.82, 2.24) is 15.5 Å². The molecule has 0 saturated heterocycles. The monoisotopic (exact) mass is 497 g/mol. The number of carbonyl (C=O) groups is 1. The van der Waals surface area contributed by atoms with E-state index in [1.165, 1.54) is 0 Å². The van der Waals surface area contributed by atoms with E-state index >= 15 is 0 Å². The number of carbonyl (C=O) groups excluding carboxylic acids is 1. The van der Waals surface area contributed by atoms with Crippen molar-refractivity contribution in [3.63, 3.8) is 0 Å². The molecule has 1 N–H and O–H groups in total. The third-order valence-electron chi connectivity index (χ3n) is 4.40. The summed E-state index contributed by atoms with van der Waals surface area (Å²) >= 11 is 9.57. The lowest BCUT2D eigenvalue weighted by Crippen LogP contribution is -2.22. The van der Waals surface area contributed by atoms with Gasteiger partial charge in [-0.2, -0.15) is 4.98 Å². The van der Waals surface area contributed by atoms with Gasteiger partial charge in [0.2, 0.25) is 11.7 Å². The van der Waals surface area contributed by atoms with Gasteiger partial charge in [-0.25, -0.2) is 0 Å². The number of rotatable bonds is 7. The summed E-state index contributed by atoms with van der Waals surface area (Å²) in [7, 11) is 0. The molecule has 4 rings (SSSR count). The van der Waals surface area contributed by atoms with Crippen LogP contribution in [0, 0.1) is 0 Å². The molecule has 4 aromatic rings. The molecule has 0 atom stereocenters. The zero-order valence-electron chi connectivity index (χ0n) is 16.2. The van der Waals surface area contributed by atoms with Gasteiger partial charge in [-0.3, -0.25) is 4.79 Å². The van der Waals surface area contributed by atoms with Crippen LogP contribution in [-0.2, 0) is 13.2 Å². The van der Waals surface area contributed by atoms with E-state index in [-0.39, 0.29) is 12.5 Å². The van der Waals surface area contributed by atoms with E-state index in [2.05, 4.69) is 31.4 Å². The molecule has 0 bridgehead atoms. The highest BCUT2D eigenvalue weighted by atomic mass is 79.9. The molecule has 0 saturated carbocycles. The van der Waals surface area contributed by atoms with Gasteiger partial charge in [0.1, 0.15) is 12.4 Å². The van der Waals surface area contributed by atoms with Crippen molar-refractivity contribution >= 4 is 33.4 Å². The minimum absolute atomic E-state index is 0.116. The SMILES string of the molecule is O=C(NCc1nc(-c2cccc(Br)c2)no1)c1cccc(OCc2ccccc2Cl)c1. The Labute approximate surface area is 192 Å². The Balaban J connectivity index is 1.36. The lowest BCUT2D eigenvalue weighted by atomic mass is 10.2. The van der Waals surface area contributed by atoms with Crippen LogP contribution in [0.2, 0.25) is 5.02 Å². The van der Waals surface area contributed by atoms with E-state index in [9.17, 15) is 4.79 Å². The number of hydrogen-bond donors (Lipinski definition) is 1. The molecule has 8 heteroatoms. The number of halogens is 2. The molecule has 1 amide bonds. The second kappa shape index (κ2) is 9.76. The quantitative estimate of drug-likeness (QED) is 0.356. The Morgan fingerprint density at radius 2 is 1.90 bits per heavy atom. The average Bonchev–Trinajstić information content (AvgIpc) is 3.26. The van der Waals surface area contributed by atoms with Gasteiger partial charge < -0.3 is 14.6 Å². The van der Waals surface area contributed by atoms with E-state index < -0.39 is 0 Å². The van der Waals surface area contributed by atoms with Crippen LogP contribution in [0.1, 0.15) is 21.8 Å². The van der Waals surface area contributed by atoms with Crippen molar-refractivity contribution < 1.29 is 14.1 Å². The Bertz CT molecular complexity index is 1210. The molecule has 1 heterocycles. The fraction of sp³-hybridized carbons (Fsp3) is 0.0870. The molecule has 0 radical (unpaired) electrons. The fourth-order valence-electron chi connectivity index (χ4n) is 2.83. The Morgan fingerprint density at radius 3 is 2.74 bits per heavy atom.